The minimum Gasteiger partial charge on any atom is -0.391 e. The van der Waals surface area contributed by atoms with Crippen molar-refractivity contribution in [2.75, 3.05) is 45.9 Å². The van der Waals surface area contributed by atoms with Gasteiger partial charge >= 0.3 is 0 Å². The number of nitrogens with one attached hydrogen (secondary N) is 1. The van der Waals surface area contributed by atoms with E-state index in [2.05, 4.69) is 46.3 Å². The third-order valence-electron chi connectivity index (χ3n) is 4.71. The summed E-state index contributed by atoms with van der Waals surface area (Å²) in [7, 11) is 0. The number of aliphatic hydroxyl groups excluding tert-OH is 1. The van der Waals surface area contributed by atoms with Gasteiger partial charge in [0, 0.05) is 39.3 Å². The minimum atomic E-state index is -0.235. The molecule has 6 nitrogen and oxygen atoms in total. The lowest BCUT2D eigenvalue weighted by atomic mass is 10.1. The Hall–Kier alpha value is -1.63. The molecule has 1 aromatic rings. The summed E-state index contributed by atoms with van der Waals surface area (Å²) in [4.78, 5) is 9.35. The smallest absolute Gasteiger partial charge is 0.194 e. The normalized spacial score (nSPS) is 22.4. The Morgan fingerprint density at radius 3 is 2.80 bits per heavy atom. The summed E-state index contributed by atoms with van der Waals surface area (Å²) in [5, 5.41) is 13.1. The number of hydrogen-bond donors (Lipinski definition) is 2. The summed E-state index contributed by atoms with van der Waals surface area (Å²) in [5.41, 5.74) is 2.55. The minimum absolute atomic E-state index is 0.235. The van der Waals surface area contributed by atoms with E-state index in [4.69, 9.17) is 9.73 Å². The van der Waals surface area contributed by atoms with E-state index in [9.17, 15) is 5.11 Å². The van der Waals surface area contributed by atoms with Crippen LogP contribution in [0.3, 0.4) is 0 Å². The van der Waals surface area contributed by atoms with Crippen LogP contribution in [0.1, 0.15) is 24.5 Å². The molecular formula is C19H30N4O2. The maximum Gasteiger partial charge on any atom is 0.194 e. The Bertz CT molecular complexity index is 572. The van der Waals surface area contributed by atoms with Crippen molar-refractivity contribution in [2.24, 2.45) is 4.99 Å². The largest absolute Gasteiger partial charge is 0.391 e. The predicted octanol–water partition coefficient (Wildman–Crippen LogP) is 1.05. The molecule has 2 aliphatic heterocycles. The van der Waals surface area contributed by atoms with Gasteiger partial charge in [-0.25, -0.2) is 4.99 Å². The van der Waals surface area contributed by atoms with E-state index in [0.717, 1.165) is 58.3 Å². The maximum atomic E-state index is 9.76. The highest BCUT2D eigenvalue weighted by Crippen LogP contribution is 2.12. The molecule has 2 fully saturated rings. The Kier molecular flexibility index (Phi) is 6.67. The lowest BCUT2D eigenvalue weighted by molar-refractivity contribution is 0.0342. The van der Waals surface area contributed by atoms with Gasteiger partial charge in [0.1, 0.15) is 0 Å². The topological polar surface area (TPSA) is 60.3 Å². The zero-order valence-corrected chi connectivity index (χ0v) is 15.2. The quantitative estimate of drug-likeness (QED) is 0.616. The van der Waals surface area contributed by atoms with E-state index < -0.39 is 0 Å². The molecule has 0 spiro atoms. The van der Waals surface area contributed by atoms with Crippen LogP contribution in [0.5, 0.6) is 0 Å². The number of morpholine rings is 1. The van der Waals surface area contributed by atoms with Crippen LogP contribution in [0.15, 0.2) is 29.3 Å². The van der Waals surface area contributed by atoms with E-state index in [-0.39, 0.29) is 6.10 Å². The van der Waals surface area contributed by atoms with Gasteiger partial charge in [-0.3, -0.25) is 4.90 Å². The van der Waals surface area contributed by atoms with Crippen molar-refractivity contribution < 1.29 is 9.84 Å². The Labute approximate surface area is 150 Å². The summed E-state index contributed by atoms with van der Waals surface area (Å²) in [6.07, 6.45) is 0.583. The number of rotatable bonds is 5. The molecule has 6 heteroatoms. The van der Waals surface area contributed by atoms with Gasteiger partial charge in [0.2, 0.25) is 0 Å². The van der Waals surface area contributed by atoms with Gasteiger partial charge in [0.15, 0.2) is 5.96 Å². The van der Waals surface area contributed by atoms with Crippen LogP contribution in [-0.2, 0) is 17.8 Å². The summed E-state index contributed by atoms with van der Waals surface area (Å²) >= 11 is 0. The second-order valence-corrected chi connectivity index (χ2v) is 6.77. The van der Waals surface area contributed by atoms with Crippen LogP contribution in [-0.4, -0.2) is 72.9 Å². The molecule has 2 saturated heterocycles. The van der Waals surface area contributed by atoms with Crippen molar-refractivity contribution in [1.29, 1.82) is 0 Å². The molecule has 2 N–H and O–H groups in total. The van der Waals surface area contributed by atoms with Crippen LogP contribution in [0.4, 0.5) is 0 Å². The lowest BCUT2D eigenvalue weighted by Gasteiger charge is -2.26. The average molecular weight is 346 g/mol. The van der Waals surface area contributed by atoms with Crippen LogP contribution >= 0.6 is 0 Å². The monoisotopic (exact) mass is 346 g/mol. The average Bonchev–Trinajstić information content (AvgIpc) is 3.06. The first-order valence-electron chi connectivity index (χ1n) is 9.34. The maximum absolute atomic E-state index is 9.76. The second kappa shape index (κ2) is 9.17. The van der Waals surface area contributed by atoms with E-state index >= 15 is 0 Å². The molecule has 1 atom stereocenters. The fraction of sp³-hybridized carbons (Fsp3) is 0.632. The van der Waals surface area contributed by atoms with Crippen molar-refractivity contribution >= 4 is 5.96 Å². The number of aliphatic imine (C=N–C) groups is 1. The van der Waals surface area contributed by atoms with Crippen molar-refractivity contribution in [1.82, 2.24) is 15.1 Å². The van der Waals surface area contributed by atoms with Crippen LogP contribution in [0.25, 0.3) is 0 Å². The van der Waals surface area contributed by atoms with Crippen molar-refractivity contribution in [3.63, 3.8) is 0 Å². The number of hydrogen-bond acceptors (Lipinski definition) is 4. The number of nitrogens with zero attached hydrogens (tertiary/aromatic N) is 3. The fourth-order valence-corrected chi connectivity index (χ4v) is 3.37. The van der Waals surface area contributed by atoms with E-state index in [1.54, 1.807) is 0 Å². The molecule has 0 saturated carbocycles. The molecule has 2 heterocycles. The molecule has 138 valence electrons. The van der Waals surface area contributed by atoms with Gasteiger partial charge < -0.3 is 20.1 Å². The van der Waals surface area contributed by atoms with Gasteiger partial charge in [0.05, 0.1) is 25.9 Å². The fourth-order valence-electron chi connectivity index (χ4n) is 3.37. The number of aliphatic hydroxyl groups is 1. The molecule has 1 aromatic carbocycles. The number of likely N-dealkylation sites (tertiary alicyclic amines) is 1. The summed E-state index contributed by atoms with van der Waals surface area (Å²) in [6.45, 7) is 9.75. The van der Waals surface area contributed by atoms with Gasteiger partial charge in [-0.2, -0.15) is 0 Å². The van der Waals surface area contributed by atoms with Crippen molar-refractivity contribution in [3.8, 4) is 0 Å². The summed E-state index contributed by atoms with van der Waals surface area (Å²) in [5.74, 6) is 0.901. The van der Waals surface area contributed by atoms with Crippen LogP contribution in [0, 0.1) is 0 Å². The van der Waals surface area contributed by atoms with Crippen LogP contribution in [0.2, 0.25) is 0 Å². The number of ether oxygens (including phenoxy) is 1. The molecule has 3 rings (SSSR count). The molecule has 25 heavy (non-hydrogen) atoms. The highest BCUT2D eigenvalue weighted by atomic mass is 16.5. The molecule has 0 unspecified atom stereocenters. The second-order valence-electron chi connectivity index (χ2n) is 6.77. The zero-order chi connectivity index (χ0) is 17.5. The molecule has 0 radical (unpaired) electrons. The molecule has 2 aliphatic rings. The van der Waals surface area contributed by atoms with E-state index in [1.807, 2.05) is 0 Å². The molecule has 0 amide bonds. The number of benzene rings is 1. The standard InChI is InChI=1S/C19H30N4O2/c1-2-20-19(23-7-6-18(24)15-23)21-13-16-4-3-5-17(12-16)14-22-8-10-25-11-9-22/h3-5,12,18,24H,2,6-11,13-15H2,1H3,(H,20,21)/t18-/m1/s1. The van der Waals surface area contributed by atoms with Crippen molar-refractivity contribution in [3.05, 3.63) is 35.4 Å². The summed E-state index contributed by atoms with van der Waals surface area (Å²) in [6, 6.07) is 8.69. The van der Waals surface area contributed by atoms with E-state index in [0.29, 0.717) is 13.1 Å². The first-order chi connectivity index (χ1) is 12.2. The van der Waals surface area contributed by atoms with Gasteiger partial charge in [0.25, 0.3) is 0 Å². The first-order valence-corrected chi connectivity index (χ1v) is 9.34. The third-order valence-corrected chi connectivity index (χ3v) is 4.71. The zero-order valence-electron chi connectivity index (χ0n) is 15.2. The number of guanidine groups is 1. The highest BCUT2D eigenvalue weighted by Gasteiger charge is 2.22. The summed E-state index contributed by atoms with van der Waals surface area (Å²) < 4.78 is 5.42. The molecular weight excluding hydrogens is 316 g/mol. The molecule has 0 aromatic heterocycles. The Morgan fingerprint density at radius 2 is 2.08 bits per heavy atom. The predicted molar refractivity (Wildman–Crippen MR) is 99.6 cm³/mol. The highest BCUT2D eigenvalue weighted by molar-refractivity contribution is 5.80. The van der Waals surface area contributed by atoms with Gasteiger partial charge in [-0.1, -0.05) is 24.3 Å². The third kappa shape index (κ3) is 5.42. The van der Waals surface area contributed by atoms with Gasteiger partial charge in [-0.05, 0) is 24.5 Å². The SMILES string of the molecule is CCNC(=NCc1cccc(CN2CCOCC2)c1)N1CC[C@@H](O)C1. The first kappa shape index (κ1) is 18.2. The van der Waals surface area contributed by atoms with Gasteiger partial charge in [-0.15, -0.1) is 0 Å². The Morgan fingerprint density at radius 1 is 1.28 bits per heavy atom. The lowest BCUT2D eigenvalue weighted by Crippen LogP contribution is -2.40. The Balaban J connectivity index is 1.61. The van der Waals surface area contributed by atoms with E-state index in [1.165, 1.54) is 11.1 Å². The van der Waals surface area contributed by atoms with Crippen LogP contribution < -0.4 is 5.32 Å². The molecule has 0 aliphatic carbocycles. The van der Waals surface area contributed by atoms with Crippen molar-refractivity contribution in [2.45, 2.75) is 32.5 Å². The molecule has 0 bridgehead atoms. The number of β-amino-alcohol motifs (C(OH)–C–C–N with tert-alkyl or cyclic N) is 1.